The van der Waals surface area contributed by atoms with Gasteiger partial charge in [0.25, 0.3) is 0 Å². The average molecular weight is 565 g/mol. The number of esters is 2. The van der Waals surface area contributed by atoms with E-state index in [0.29, 0.717) is 31.2 Å². The zero-order valence-electron chi connectivity index (χ0n) is 24.2. The minimum absolute atomic E-state index is 0.105. The summed E-state index contributed by atoms with van der Waals surface area (Å²) in [6, 6.07) is 8.63. The van der Waals surface area contributed by atoms with E-state index in [1.54, 1.807) is 36.4 Å². The highest BCUT2D eigenvalue weighted by atomic mass is 16.6. The van der Waals surface area contributed by atoms with Crippen LogP contribution in [0.15, 0.2) is 53.8 Å². The summed E-state index contributed by atoms with van der Waals surface area (Å²) in [6.07, 6.45) is 3.39. The normalized spacial score (nSPS) is 36.6. The van der Waals surface area contributed by atoms with Crippen molar-refractivity contribution in [3.8, 4) is 0 Å². The second kappa shape index (κ2) is 10.6. The predicted octanol–water partition coefficient (Wildman–Crippen LogP) is 4.54. The second-order valence-corrected chi connectivity index (χ2v) is 12.7. The van der Waals surface area contributed by atoms with Crippen LogP contribution in [0.3, 0.4) is 0 Å². The van der Waals surface area contributed by atoms with Gasteiger partial charge in [-0.05, 0) is 68.9 Å². The molecule has 4 aliphatic carbocycles. The van der Waals surface area contributed by atoms with Crippen LogP contribution in [0.1, 0.15) is 84.3 Å². The quantitative estimate of drug-likeness (QED) is 0.462. The van der Waals surface area contributed by atoms with Crippen LogP contribution in [0, 0.1) is 28.6 Å². The molecular weight excluding hydrogens is 524 g/mol. The molecule has 2 N–H and O–H groups in total. The summed E-state index contributed by atoms with van der Waals surface area (Å²) >= 11 is 0. The minimum atomic E-state index is -1.61. The summed E-state index contributed by atoms with van der Waals surface area (Å²) in [5, 5.41) is 23.3. The molecule has 3 saturated carbocycles. The zero-order chi connectivity index (χ0) is 29.7. The summed E-state index contributed by atoms with van der Waals surface area (Å²) in [5.41, 5.74) is -2.18. The summed E-state index contributed by atoms with van der Waals surface area (Å²) in [5.74, 6) is -2.19. The second-order valence-electron chi connectivity index (χ2n) is 12.7. The number of carbonyl (C=O) groups excluding carboxylic acids is 4. The first-order valence-electron chi connectivity index (χ1n) is 14.7. The van der Waals surface area contributed by atoms with E-state index in [9.17, 15) is 29.4 Å². The van der Waals surface area contributed by atoms with Crippen LogP contribution < -0.4 is 0 Å². The number of rotatable bonds is 7. The van der Waals surface area contributed by atoms with Gasteiger partial charge in [-0.2, -0.15) is 0 Å². The lowest BCUT2D eigenvalue weighted by atomic mass is 9.45. The Balaban J connectivity index is 1.57. The Morgan fingerprint density at radius 3 is 2.46 bits per heavy atom. The summed E-state index contributed by atoms with van der Waals surface area (Å²) in [7, 11) is 0. The van der Waals surface area contributed by atoms with Crippen LogP contribution in [0.2, 0.25) is 0 Å². The van der Waals surface area contributed by atoms with Gasteiger partial charge < -0.3 is 19.7 Å². The van der Waals surface area contributed by atoms with Crippen molar-refractivity contribution in [1.82, 2.24) is 0 Å². The lowest BCUT2D eigenvalue weighted by Crippen LogP contribution is -2.63. The third kappa shape index (κ3) is 4.50. The van der Waals surface area contributed by atoms with E-state index in [4.69, 9.17) is 9.47 Å². The van der Waals surface area contributed by atoms with Crippen molar-refractivity contribution in [3.05, 3.63) is 59.4 Å². The van der Waals surface area contributed by atoms with Gasteiger partial charge in [0.05, 0.1) is 11.5 Å². The Kier molecular flexibility index (Phi) is 7.62. The molecule has 1 unspecified atom stereocenters. The van der Waals surface area contributed by atoms with Gasteiger partial charge in [-0.3, -0.25) is 19.2 Å². The molecule has 0 bridgehead atoms. The minimum Gasteiger partial charge on any atom is -0.450 e. The highest BCUT2D eigenvalue weighted by Crippen LogP contribution is 2.69. The Labute approximate surface area is 240 Å². The molecule has 3 fully saturated rings. The Morgan fingerprint density at radius 1 is 1.10 bits per heavy atom. The molecule has 0 aliphatic heterocycles. The number of aliphatic hydroxyl groups is 2. The van der Waals surface area contributed by atoms with Crippen LogP contribution in [0.5, 0.6) is 0 Å². The van der Waals surface area contributed by atoms with E-state index in [2.05, 4.69) is 0 Å². The highest BCUT2D eigenvalue weighted by molar-refractivity contribution is 6.02. The van der Waals surface area contributed by atoms with Crippen LogP contribution in [0.25, 0.3) is 0 Å². The molecule has 0 spiro atoms. The van der Waals surface area contributed by atoms with Crippen LogP contribution in [-0.2, 0) is 28.7 Å². The standard InChI is InChI=1S/C33H40O8/c1-5-9-27(37)41-33(30(39)29(38)20-10-7-6-8-11-20)15-14-24-23-13-12-21-16-22(35)17-26(40-19(2)34)32(21,4)28(23)25(36)18-31(24,33)3/h6-8,10-11,16-17,23-25,28-29,36,38H,5,9,12-15,18H2,1-4H3/t23-,24-,25-,28+,29?,31-,32+,33+/m0/s1. The lowest BCUT2D eigenvalue weighted by Gasteiger charge is -2.60. The zero-order valence-corrected chi connectivity index (χ0v) is 24.2. The molecule has 0 saturated heterocycles. The van der Waals surface area contributed by atoms with E-state index in [-0.39, 0.29) is 48.6 Å². The number of hydrogen-bond acceptors (Lipinski definition) is 8. The molecule has 8 heteroatoms. The van der Waals surface area contributed by atoms with Crippen molar-refractivity contribution in [2.45, 2.75) is 90.4 Å². The smallest absolute Gasteiger partial charge is 0.307 e. The molecular formula is C33H40O8. The van der Waals surface area contributed by atoms with Crippen molar-refractivity contribution in [2.75, 3.05) is 0 Å². The summed E-state index contributed by atoms with van der Waals surface area (Å²) in [4.78, 5) is 51.9. The fraction of sp³-hybridized carbons (Fsp3) is 0.576. The first-order chi connectivity index (χ1) is 19.4. The number of allylic oxidation sites excluding steroid dienone is 3. The van der Waals surface area contributed by atoms with Crippen molar-refractivity contribution >= 4 is 23.5 Å². The number of Topliss-reactive ketones (excluding diaryl/α,β-unsaturated/α-hetero) is 1. The SMILES string of the molecule is CCCC(=O)O[C@@]1(C(=O)C(O)c2ccccc2)CC[C@H]2[C@@H]3CCC4=CC(=O)C=C(OC(C)=O)[C@]4(C)[C@H]3[C@@H](O)C[C@@]21C. The number of ether oxygens (including phenoxy) is 2. The molecule has 5 rings (SSSR count). The van der Waals surface area contributed by atoms with Gasteiger partial charge in [0.2, 0.25) is 5.78 Å². The van der Waals surface area contributed by atoms with Gasteiger partial charge in [0.15, 0.2) is 11.4 Å². The van der Waals surface area contributed by atoms with Crippen LogP contribution in [-0.4, -0.2) is 45.4 Å². The lowest BCUT2D eigenvalue weighted by molar-refractivity contribution is -0.204. The first kappa shape index (κ1) is 29.4. The monoisotopic (exact) mass is 564 g/mol. The largest absolute Gasteiger partial charge is 0.450 e. The van der Waals surface area contributed by atoms with Gasteiger partial charge in [-0.25, -0.2) is 0 Å². The van der Waals surface area contributed by atoms with Gasteiger partial charge in [0, 0.05) is 30.8 Å². The molecule has 0 heterocycles. The third-order valence-corrected chi connectivity index (χ3v) is 10.5. The number of aliphatic hydroxyl groups excluding tert-OH is 2. The number of hydrogen-bond donors (Lipinski definition) is 2. The van der Waals surface area contributed by atoms with E-state index in [1.807, 2.05) is 20.8 Å². The topological polar surface area (TPSA) is 127 Å². The van der Waals surface area contributed by atoms with Crippen molar-refractivity contribution in [1.29, 1.82) is 0 Å². The molecule has 8 atom stereocenters. The first-order valence-corrected chi connectivity index (χ1v) is 14.7. The average Bonchev–Trinajstić information content (AvgIpc) is 3.20. The van der Waals surface area contributed by atoms with Crippen LogP contribution in [0.4, 0.5) is 0 Å². The van der Waals surface area contributed by atoms with E-state index in [1.165, 1.54) is 13.0 Å². The Hall–Kier alpha value is -3.10. The maximum absolute atomic E-state index is 14.3. The van der Waals surface area contributed by atoms with Gasteiger partial charge >= 0.3 is 11.9 Å². The maximum atomic E-state index is 14.3. The number of ketones is 2. The van der Waals surface area contributed by atoms with Gasteiger partial charge in [0.1, 0.15) is 11.9 Å². The summed E-state index contributed by atoms with van der Waals surface area (Å²) in [6.45, 7) is 7.00. The van der Waals surface area contributed by atoms with Crippen LogP contribution >= 0.6 is 0 Å². The molecule has 8 nitrogen and oxygen atoms in total. The van der Waals surface area contributed by atoms with E-state index < -0.39 is 46.4 Å². The van der Waals surface area contributed by atoms with Crippen molar-refractivity contribution < 1.29 is 38.9 Å². The highest BCUT2D eigenvalue weighted by Gasteiger charge is 2.71. The van der Waals surface area contributed by atoms with Crippen molar-refractivity contribution in [3.63, 3.8) is 0 Å². The van der Waals surface area contributed by atoms with Gasteiger partial charge in [-0.15, -0.1) is 0 Å². The Morgan fingerprint density at radius 2 is 1.80 bits per heavy atom. The van der Waals surface area contributed by atoms with Gasteiger partial charge in [-0.1, -0.05) is 49.8 Å². The Bertz CT molecular complexity index is 1310. The summed E-state index contributed by atoms with van der Waals surface area (Å²) < 4.78 is 11.8. The molecule has 4 aliphatic rings. The van der Waals surface area contributed by atoms with E-state index in [0.717, 1.165) is 5.57 Å². The maximum Gasteiger partial charge on any atom is 0.307 e. The van der Waals surface area contributed by atoms with Crippen molar-refractivity contribution in [2.24, 2.45) is 28.6 Å². The fourth-order valence-corrected chi connectivity index (χ4v) is 8.76. The molecule has 0 amide bonds. The molecule has 0 aromatic heterocycles. The number of carbonyl (C=O) groups is 4. The molecule has 220 valence electrons. The molecule has 1 aromatic carbocycles. The molecule has 1 aromatic rings. The number of benzene rings is 1. The van der Waals surface area contributed by atoms with E-state index >= 15 is 0 Å². The molecule has 41 heavy (non-hydrogen) atoms. The number of fused-ring (bicyclic) bond motifs is 5. The predicted molar refractivity (Wildman–Crippen MR) is 149 cm³/mol. The molecule has 0 radical (unpaired) electrons. The third-order valence-electron chi connectivity index (χ3n) is 10.5. The fourth-order valence-electron chi connectivity index (χ4n) is 8.76.